The van der Waals surface area contributed by atoms with E-state index >= 15 is 0 Å². The van der Waals surface area contributed by atoms with Gasteiger partial charge in [0.05, 0.1) is 22.0 Å². The zero-order valence-corrected chi connectivity index (χ0v) is 22.4. The zero-order valence-electron chi connectivity index (χ0n) is 20.7. The maximum absolute atomic E-state index is 12.5. The Kier molecular flexibility index (Phi) is 9.54. The third-order valence-electron chi connectivity index (χ3n) is 6.41. The van der Waals surface area contributed by atoms with Crippen LogP contribution >= 0.6 is 22.7 Å². The first-order valence-electron chi connectivity index (χ1n) is 12.2. The van der Waals surface area contributed by atoms with Gasteiger partial charge in [0.2, 0.25) is 11.6 Å². The topological polar surface area (TPSA) is 156 Å². The van der Waals surface area contributed by atoms with E-state index in [0.29, 0.717) is 35.7 Å². The van der Waals surface area contributed by atoms with Crippen molar-refractivity contribution < 1.29 is 38.5 Å². The molecule has 0 unspecified atom stereocenters. The standard InChI is InChI=1S/C22H26B2N4O8S2/c1-24(34)28-7-3-5-14(28)22(33)36-11-16(31)20-26-9-18(38-20)17-8-25-19(37-17)15(30)10-35-21(32)13-4-2-6-27(13)23-12-29/h8-9,12-14,23,34H,2-7,10-11H2,1H3/t13-,14-/m0/s1. The van der Waals surface area contributed by atoms with Gasteiger partial charge >= 0.3 is 19.0 Å². The molecule has 4 rings (SSSR count). The molecule has 16 heteroatoms. The summed E-state index contributed by atoms with van der Waals surface area (Å²) in [6.45, 7) is 1.89. The Bertz CT molecular complexity index is 1210. The maximum atomic E-state index is 12.5. The van der Waals surface area contributed by atoms with Crippen LogP contribution in [0.25, 0.3) is 9.75 Å². The molecule has 200 valence electrons. The molecule has 2 atom stereocenters. The van der Waals surface area contributed by atoms with Crippen LogP contribution < -0.4 is 0 Å². The number of rotatable bonds is 12. The van der Waals surface area contributed by atoms with Crippen LogP contribution in [0.4, 0.5) is 0 Å². The van der Waals surface area contributed by atoms with Gasteiger partial charge in [-0.2, -0.15) is 0 Å². The Morgan fingerprint density at radius 1 is 1.00 bits per heavy atom. The van der Waals surface area contributed by atoms with E-state index in [4.69, 9.17) is 9.47 Å². The molecule has 2 aliphatic heterocycles. The fourth-order valence-corrected chi connectivity index (χ4v) is 6.26. The third-order valence-corrected chi connectivity index (χ3v) is 8.69. The second-order valence-electron chi connectivity index (χ2n) is 8.97. The second kappa shape index (κ2) is 12.8. The van der Waals surface area contributed by atoms with E-state index < -0.39 is 55.9 Å². The molecule has 12 nitrogen and oxygen atoms in total. The highest BCUT2D eigenvalue weighted by atomic mass is 32.1. The number of ketones is 2. The molecule has 0 bridgehead atoms. The summed E-state index contributed by atoms with van der Waals surface area (Å²) < 4.78 is 10.4. The number of carbonyl (C=O) groups excluding carboxylic acids is 5. The van der Waals surface area contributed by atoms with Gasteiger partial charge in [-0.15, -0.1) is 22.7 Å². The van der Waals surface area contributed by atoms with E-state index in [1.807, 2.05) is 0 Å². The van der Waals surface area contributed by atoms with Gasteiger partial charge in [-0.3, -0.25) is 19.2 Å². The van der Waals surface area contributed by atoms with Crippen molar-refractivity contribution in [2.24, 2.45) is 0 Å². The SMILES string of the molecule is CB(O)N1CCC[C@H]1C(=O)OCC(=O)c1ncc(-c2cnc(C(=O)COC(=O)[C@@H]3CCCN3BC=O)s2)s1. The lowest BCUT2D eigenvalue weighted by molar-refractivity contribution is -0.147. The van der Waals surface area contributed by atoms with Gasteiger partial charge in [0, 0.05) is 12.4 Å². The highest BCUT2D eigenvalue weighted by Gasteiger charge is 2.36. The van der Waals surface area contributed by atoms with Crippen LogP contribution in [0.15, 0.2) is 12.4 Å². The van der Waals surface area contributed by atoms with Crippen LogP contribution in [0.1, 0.15) is 45.3 Å². The number of hydrogen-bond donors (Lipinski definition) is 1. The van der Waals surface area contributed by atoms with Crippen molar-refractivity contribution in [2.75, 3.05) is 26.3 Å². The van der Waals surface area contributed by atoms with Crippen LogP contribution in [0.5, 0.6) is 0 Å². The van der Waals surface area contributed by atoms with Gasteiger partial charge in [0.1, 0.15) is 6.04 Å². The van der Waals surface area contributed by atoms with Crippen LogP contribution in [0.3, 0.4) is 0 Å². The second-order valence-corrected chi connectivity index (χ2v) is 11.0. The molecule has 2 fully saturated rings. The van der Waals surface area contributed by atoms with Gasteiger partial charge in [0.15, 0.2) is 23.2 Å². The number of ether oxygens (including phenoxy) is 2. The Balaban J connectivity index is 1.28. The van der Waals surface area contributed by atoms with Crippen molar-refractivity contribution in [3.8, 4) is 9.75 Å². The number of aromatic nitrogens is 2. The number of carbonyl (C=O) groups is 5. The van der Waals surface area contributed by atoms with E-state index in [0.717, 1.165) is 41.7 Å². The molecular weight excluding hydrogens is 534 g/mol. The predicted octanol–water partition coefficient (Wildman–Crippen LogP) is 0.299. The monoisotopic (exact) mass is 560 g/mol. The fourth-order valence-electron chi connectivity index (χ4n) is 4.52. The summed E-state index contributed by atoms with van der Waals surface area (Å²) in [6, 6.07) is -1.10. The van der Waals surface area contributed by atoms with Crippen LogP contribution in [0.2, 0.25) is 6.82 Å². The molecule has 2 aromatic rings. The van der Waals surface area contributed by atoms with Crippen molar-refractivity contribution in [2.45, 2.75) is 44.6 Å². The summed E-state index contributed by atoms with van der Waals surface area (Å²) in [4.78, 5) is 73.3. The maximum Gasteiger partial charge on any atom is 0.377 e. The van der Waals surface area contributed by atoms with Crippen molar-refractivity contribution in [3.05, 3.63) is 22.4 Å². The Labute approximate surface area is 227 Å². The fraction of sp³-hybridized carbons (Fsp3) is 0.500. The largest absolute Gasteiger partial charge is 0.456 e. The summed E-state index contributed by atoms with van der Waals surface area (Å²) in [5.74, 6) is -2.00. The summed E-state index contributed by atoms with van der Waals surface area (Å²) in [7, 11) is -0.630. The molecule has 0 radical (unpaired) electrons. The number of thiazole rings is 2. The van der Waals surface area contributed by atoms with Crippen LogP contribution in [-0.4, -0.2) is 107 Å². The minimum atomic E-state index is -0.776. The van der Waals surface area contributed by atoms with Crippen molar-refractivity contribution in [3.63, 3.8) is 0 Å². The number of hydrogen-bond acceptors (Lipinski definition) is 14. The lowest BCUT2D eigenvalue weighted by Gasteiger charge is -2.23. The molecule has 2 aliphatic rings. The lowest BCUT2D eigenvalue weighted by atomic mass is 9.84. The van der Waals surface area contributed by atoms with Gasteiger partial charge in [-0.1, -0.05) is 0 Å². The molecule has 4 heterocycles. The summed E-state index contributed by atoms with van der Waals surface area (Å²) in [6.07, 6.45) is 6.38. The Morgan fingerprint density at radius 2 is 1.53 bits per heavy atom. The van der Waals surface area contributed by atoms with E-state index in [1.165, 1.54) is 12.4 Å². The van der Waals surface area contributed by atoms with E-state index in [1.54, 1.807) is 16.4 Å². The van der Waals surface area contributed by atoms with Gasteiger partial charge in [-0.05, 0) is 45.6 Å². The Morgan fingerprint density at radius 3 is 2.08 bits per heavy atom. The van der Waals surface area contributed by atoms with Gasteiger partial charge in [-0.25, -0.2) is 9.97 Å². The average molecular weight is 560 g/mol. The van der Waals surface area contributed by atoms with Crippen LogP contribution in [-0.2, 0) is 23.9 Å². The number of esters is 2. The predicted molar refractivity (Wildman–Crippen MR) is 141 cm³/mol. The molecule has 1 N–H and O–H groups in total. The van der Waals surface area contributed by atoms with Crippen molar-refractivity contribution in [1.82, 2.24) is 19.6 Å². The van der Waals surface area contributed by atoms with Crippen molar-refractivity contribution in [1.29, 1.82) is 0 Å². The minimum absolute atomic E-state index is 0.146. The average Bonchev–Trinajstić information content (AvgIpc) is 3.71. The molecule has 0 aromatic carbocycles. The molecule has 0 aliphatic carbocycles. The van der Waals surface area contributed by atoms with Gasteiger partial charge in [0.25, 0.3) is 7.41 Å². The number of nitrogens with zero attached hydrogens (tertiary/aromatic N) is 4. The minimum Gasteiger partial charge on any atom is -0.456 e. The molecule has 2 saturated heterocycles. The first kappa shape index (κ1) is 28.2. The highest BCUT2D eigenvalue weighted by molar-refractivity contribution is 7.23. The van der Waals surface area contributed by atoms with Crippen LogP contribution in [0, 0.1) is 0 Å². The first-order chi connectivity index (χ1) is 18.3. The van der Waals surface area contributed by atoms with Gasteiger partial charge < -0.3 is 28.9 Å². The zero-order chi connectivity index (χ0) is 27.2. The molecule has 0 amide bonds. The lowest BCUT2D eigenvalue weighted by Crippen LogP contribution is -2.45. The van der Waals surface area contributed by atoms with E-state index in [2.05, 4.69) is 9.97 Å². The molecule has 38 heavy (non-hydrogen) atoms. The highest BCUT2D eigenvalue weighted by Crippen LogP contribution is 2.31. The van der Waals surface area contributed by atoms with Crippen molar-refractivity contribution >= 4 is 66.8 Å². The molecule has 2 aromatic heterocycles. The Hall–Kier alpha value is -2.78. The molecule has 0 spiro atoms. The summed E-state index contributed by atoms with van der Waals surface area (Å²) in [5.41, 5.74) is 0. The summed E-state index contributed by atoms with van der Waals surface area (Å²) >= 11 is 2.17. The van der Waals surface area contributed by atoms with E-state index in [9.17, 15) is 29.0 Å². The molecule has 0 saturated carbocycles. The third kappa shape index (κ3) is 6.61. The van der Waals surface area contributed by atoms with E-state index in [-0.39, 0.29) is 17.4 Å². The smallest absolute Gasteiger partial charge is 0.377 e. The number of Topliss-reactive ketones (excluding diaryl/α,β-unsaturated/α-hetero) is 2. The molecular formula is C22H26B2N4O8S2. The normalized spacial score (nSPS) is 19.7. The quantitative estimate of drug-likeness (QED) is 0.164. The first-order valence-corrected chi connectivity index (χ1v) is 13.8. The summed E-state index contributed by atoms with van der Waals surface area (Å²) in [5, 5.41) is 10.1.